The Morgan fingerprint density at radius 1 is 1.24 bits per heavy atom. The number of sulfonamides is 1. The highest BCUT2D eigenvalue weighted by atomic mass is 32.2. The molecule has 4 rings (SSSR count). The number of ether oxygens (including phenoxy) is 1. The number of esters is 1. The first-order chi connectivity index (χ1) is 13.9. The second-order valence-electron chi connectivity index (χ2n) is 7.29. The van der Waals surface area contributed by atoms with Gasteiger partial charge in [-0.1, -0.05) is 19.3 Å². The third-order valence-electron chi connectivity index (χ3n) is 5.35. The third-order valence-corrected chi connectivity index (χ3v) is 6.87. The standard InChI is InChI=1S/C20H23N3O5S/c1-2-28-20(25)15-11-21-18-17(15)14-10-13(8-9-16(14)22-19(18)24)29(26,27)23-12-6-4-3-5-7-12/h8-12,21,23H,2-7H2,1H3,(H,22,24). The van der Waals surface area contributed by atoms with Crippen LogP contribution in [0.15, 0.2) is 34.1 Å². The van der Waals surface area contributed by atoms with Gasteiger partial charge in [0.25, 0.3) is 5.56 Å². The molecule has 29 heavy (non-hydrogen) atoms. The van der Waals surface area contributed by atoms with E-state index in [1.165, 1.54) is 18.3 Å². The van der Waals surface area contributed by atoms with Crippen molar-refractivity contribution in [3.8, 4) is 0 Å². The van der Waals surface area contributed by atoms with E-state index in [1.54, 1.807) is 13.0 Å². The molecule has 0 atom stereocenters. The molecule has 0 spiro atoms. The fraction of sp³-hybridized carbons (Fsp3) is 0.400. The number of nitrogens with one attached hydrogen (secondary N) is 3. The Hall–Kier alpha value is -2.65. The van der Waals surface area contributed by atoms with Crippen LogP contribution in [-0.4, -0.2) is 37.0 Å². The van der Waals surface area contributed by atoms with Crippen LogP contribution in [0, 0.1) is 0 Å². The molecule has 0 saturated heterocycles. The lowest BCUT2D eigenvalue weighted by atomic mass is 9.96. The minimum absolute atomic E-state index is 0.0672. The average molecular weight is 417 g/mol. The van der Waals surface area contributed by atoms with Gasteiger partial charge in [0.15, 0.2) is 0 Å². The zero-order chi connectivity index (χ0) is 20.6. The van der Waals surface area contributed by atoms with Crippen LogP contribution in [0.2, 0.25) is 0 Å². The van der Waals surface area contributed by atoms with Crippen LogP contribution in [0.3, 0.4) is 0 Å². The fourth-order valence-electron chi connectivity index (χ4n) is 3.95. The van der Waals surface area contributed by atoms with Crippen molar-refractivity contribution in [1.82, 2.24) is 14.7 Å². The van der Waals surface area contributed by atoms with Gasteiger partial charge in [0.05, 0.1) is 17.1 Å². The summed E-state index contributed by atoms with van der Waals surface area (Å²) in [6.07, 6.45) is 6.23. The highest BCUT2D eigenvalue weighted by Gasteiger charge is 2.24. The Morgan fingerprint density at radius 2 is 2.00 bits per heavy atom. The van der Waals surface area contributed by atoms with Gasteiger partial charge >= 0.3 is 5.97 Å². The van der Waals surface area contributed by atoms with Gasteiger partial charge in [-0.05, 0) is 38.0 Å². The Labute approximate surface area is 167 Å². The Morgan fingerprint density at radius 3 is 2.72 bits per heavy atom. The second kappa shape index (κ2) is 7.64. The van der Waals surface area contributed by atoms with Crippen LogP contribution in [0.5, 0.6) is 0 Å². The van der Waals surface area contributed by atoms with Gasteiger partial charge in [-0.15, -0.1) is 0 Å². The van der Waals surface area contributed by atoms with Crippen molar-refractivity contribution in [2.24, 2.45) is 0 Å². The van der Waals surface area contributed by atoms with Crippen LogP contribution in [0.25, 0.3) is 21.8 Å². The fourth-order valence-corrected chi connectivity index (χ4v) is 5.28. The molecule has 154 valence electrons. The average Bonchev–Trinajstić information content (AvgIpc) is 3.15. The van der Waals surface area contributed by atoms with Crippen molar-refractivity contribution in [3.63, 3.8) is 0 Å². The van der Waals surface area contributed by atoms with Gasteiger partial charge in [0.1, 0.15) is 5.52 Å². The minimum atomic E-state index is -3.72. The first-order valence-corrected chi connectivity index (χ1v) is 11.3. The smallest absolute Gasteiger partial charge is 0.340 e. The second-order valence-corrected chi connectivity index (χ2v) is 9.00. The van der Waals surface area contributed by atoms with Gasteiger partial charge in [-0.25, -0.2) is 17.9 Å². The molecule has 0 amide bonds. The first kappa shape index (κ1) is 19.7. The van der Waals surface area contributed by atoms with E-state index >= 15 is 0 Å². The number of pyridine rings is 1. The van der Waals surface area contributed by atoms with Gasteiger partial charge in [-0.2, -0.15) is 0 Å². The normalized spacial score (nSPS) is 15.8. The molecule has 0 unspecified atom stereocenters. The quantitative estimate of drug-likeness (QED) is 0.551. The monoisotopic (exact) mass is 417 g/mol. The Kier molecular flexibility index (Phi) is 5.18. The number of carbonyl (C=O) groups is 1. The van der Waals surface area contributed by atoms with Gasteiger partial charge in [0.2, 0.25) is 10.0 Å². The molecule has 2 aromatic heterocycles. The maximum atomic E-state index is 12.9. The largest absolute Gasteiger partial charge is 0.462 e. The minimum Gasteiger partial charge on any atom is -0.462 e. The van der Waals surface area contributed by atoms with Crippen molar-refractivity contribution in [1.29, 1.82) is 0 Å². The molecule has 9 heteroatoms. The number of aromatic nitrogens is 2. The van der Waals surface area contributed by atoms with E-state index in [2.05, 4.69) is 14.7 Å². The summed E-state index contributed by atoms with van der Waals surface area (Å²) in [5, 5.41) is 0.826. The van der Waals surface area contributed by atoms with E-state index in [0.29, 0.717) is 16.3 Å². The maximum absolute atomic E-state index is 12.9. The first-order valence-electron chi connectivity index (χ1n) is 9.77. The van der Waals surface area contributed by atoms with Crippen molar-refractivity contribution in [2.75, 3.05) is 6.61 Å². The number of rotatable bonds is 5. The number of fused-ring (bicyclic) bond motifs is 3. The predicted molar refractivity (Wildman–Crippen MR) is 110 cm³/mol. The number of aromatic amines is 2. The molecule has 3 N–H and O–H groups in total. The van der Waals surface area contributed by atoms with Gasteiger partial charge in [0, 0.05) is 28.5 Å². The highest BCUT2D eigenvalue weighted by Crippen LogP contribution is 2.28. The summed E-state index contributed by atoms with van der Waals surface area (Å²) in [5.41, 5.74) is 0.464. The zero-order valence-electron chi connectivity index (χ0n) is 16.1. The molecule has 2 heterocycles. The van der Waals surface area contributed by atoms with Crippen molar-refractivity contribution < 1.29 is 17.9 Å². The van der Waals surface area contributed by atoms with Crippen LogP contribution >= 0.6 is 0 Å². The predicted octanol–water partition coefficient (Wildman–Crippen LogP) is 2.80. The molecule has 0 bridgehead atoms. The molecule has 1 saturated carbocycles. The number of H-pyrrole nitrogens is 2. The molecule has 1 aromatic carbocycles. The van der Waals surface area contributed by atoms with Crippen LogP contribution in [0.4, 0.5) is 0 Å². The summed E-state index contributed by atoms with van der Waals surface area (Å²) in [6, 6.07) is 4.44. The van der Waals surface area contributed by atoms with Crippen molar-refractivity contribution >= 4 is 37.8 Å². The lowest BCUT2D eigenvalue weighted by Crippen LogP contribution is -2.36. The molecular formula is C20H23N3O5S. The van der Waals surface area contributed by atoms with E-state index in [4.69, 9.17) is 4.74 Å². The number of benzene rings is 1. The molecule has 0 aliphatic heterocycles. The molecule has 8 nitrogen and oxygen atoms in total. The molecule has 1 aliphatic rings. The Bertz CT molecular complexity index is 1240. The van der Waals surface area contributed by atoms with Crippen LogP contribution in [-0.2, 0) is 14.8 Å². The van der Waals surface area contributed by atoms with Crippen molar-refractivity contribution in [2.45, 2.75) is 50.0 Å². The van der Waals surface area contributed by atoms with Gasteiger partial charge in [-0.3, -0.25) is 4.79 Å². The molecular weight excluding hydrogens is 394 g/mol. The van der Waals surface area contributed by atoms with E-state index in [-0.39, 0.29) is 34.2 Å². The van der Waals surface area contributed by atoms with Gasteiger partial charge < -0.3 is 14.7 Å². The van der Waals surface area contributed by atoms with E-state index in [9.17, 15) is 18.0 Å². The summed E-state index contributed by atoms with van der Waals surface area (Å²) in [4.78, 5) is 30.3. The van der Waals surface area contributed by atoms with Crippen LogP contribution in [0.1, 0.15) is 49.4 Å². The summed E-state index contributed by atoms with van der Waals surface area (Å²) in [5.74, 6) is -0.570. The molecule has 1 aliphatic carbocycles. The van der Waals surface area contributed by atoms with E-state index in [1.807, 2.05) is 0 Å². The Balaban J connectivity index is 1.85. The molecule has 0 radical (unpaired) electrons. The number of hydrogen-bond donors (Lipinski definition) is 3. The number of carbonyl (C=O) groups excluding carboxylic acids is 1. The van der Waals surface area contributed by atoms with E-state index in [0.717, 1.165) is 32.1 Å². The molecule has 1 fully saturated rings. The SMILES string of the molecule is CCOC(=O)c1c[nH]c2c(=O)[nH]c3ccc(S(=O)(=O)NC4CCCCC4)cc3c12. The summed E-state index contributed by atoms with van der Waals surface area (Å²) < 4.78 is 33.7. The summed E-state index contributed by atoms with van der Waals surface area (Å²) in [7, 11) is -3.72. The summed E-state index contributed by atoms with van der Waals surface area (Å²) in [6.45, 7) is 1.89. The lowest BCUT2D eigenvalue weighted by Gasteiger charge is -2.22. The maximum Gasteiger partial charge on any atom is 0.340 e. The third kappa shape index (κ3) is 3.67. The zero-order valence-corrected chi connectivity index (χ0v) is 16.9. The topological polar surface area (TPSA) is 121 Å². The van der Waals surface area contributed by atoms with Crippen LogP contribution < -0.4 is 10.3 Å². The highest BCUT2D eigenvalue weighted by molar-refractivity contribution is 7.89. The lowest BCUT2D eigenvalue weighted by molar-refractivity contribution is 0.0529. The molecule has 3 aromatic rings. The summed E-state index contributed by atoms with van der Waals surface area (Å²) >= 11 is 0. The van der Waals surface area contributed by atoms with E-state index < -0.39 is 16.0 Å². The van der Waals surface area contributed by atoms with Crippen molar-refractivity contribution in [3.05, 3.63) is 40.3 Å². The number of hydrogen-bond acceptors (Lipinski definition) is 5.